The molecule has 1 aromatic carbocycles. The van der Waals surface area contributed by atoms with Gasteiger partial charge in [-0.05, 0) is 55.4 Å². The molecule has 2 aliphatic rings. The maximum Gasteiger partial charge on any atom is 0.266 e. The first-order valence-electron chi connectivity index (χ1n) is 10.4. The summed E-state index contributed by atoms with van der Waals surface area (Å²) in [6.07, 6.45) is 7.87. The van der Waals surface area contributed by atoms with Crippen LogP contribution in [0.1, 0.15) is 49.1 Å². The Morgan fingerprint density at radius 3 is 2.68 bits per heavy atom. The number of aryl methyl sites for hydroxylation is 1. The summed E-state index contributed by atoms with van der Waals surface area (Å²) in [7, 11) is -0.851. The summed E-state index contributed by atoms with van der Waals surface area (Å²) < 4.78 is 35.7. The van der Waals surface area contributed by atoms with Crippen LogP contribution < -0.4 is 9.46 Å². The van der Waals surface area contributed by atoms with Gasteiger partial charge >= 0.3 is 0 Å². The fraction of sp³-hybridized carbons (Fsp3) is 0.409. The van der Waals surface area contributed by atoms with Gasteiger partial charge in [0.2, 0.25) is 11.8 Å². The molecule has 5 rings (SSSR count). The van der Waals surface area contributed by atoms with Gasteiger partial charge in [0.1, 0.15) is 4.90 Å². The van der Waals surface area contributed by atoms with Crippen LogP contribution in [0.3, 0.4) is 0 Å². The molecule has 0 unspecified atom stereocenters. The summed E-state index contributed by atoms with van der Waals surface area (Å²) in [5.74, 6) is 0.279. The Kier molecular flexibility index (Phi) is 4.55. The fourth-order valence-corrected chi connectivity index (χ4v) is 5.66. The first kappa shape index (κ1) is 20.0. The number of hydrogen-bond acceptors (Lipinski definition) is 6. The van der Waals surface area contributed by atoms with Crippen LogP contribution in [0.2, 0.25) is 0 Å². The second kappa shape index (κ2) is 7.05. The van der Waals surface area contributed by atoms with Crippen LogP contribution in [0.15, 0.2) is 41.7 Å². The van der Waals surface area contributed by atoms with Crippen molar-refractivity contribution in [1.29, 1.82) is 0 Å². The fourth-order valence-electron chi connectivity index (χ4n) is 4.35. The van der Waals surface area contributed by atoms with Gasteiger partial charge in [-0.15, -0.1) is 0 Å². The summed E-state index contributed by atoms with van der Waals surface area (Å²) in [5.41, 5.74) is 1.83. The molecule has 2 fully saturated rings. The number of fused-ring (bicyclic) bond motifs is 1. The van der Waals surface area contributed by atoms with Crippen LogP contribution in [0.25, 0.3) is 11.0 Å². The molecule has 162 valence electrons. The molecule has 3 aromatic rings. The molecule has 8 nitrogen and oxygen atoms in total. The molecule has 31 heavy (non-hydrogen) atoms. The number of benzene rings is 1. The van der Waals surface area contributed by atoms with Crippen LogP contribution in [-0.2, 0) is 27.3 Å². The quantitative estimate of drug-likeness (QED) is 0.632. The van der Waals surface area contributed by atoms with Gasteiger partial charge in [-0.2, -0.15) is 0 Å². The van der Waals surface area contributed by atoms with E-state index in [-0.39, 0.29) is 4.90 Å². The van der Waals surface area contributed by atoms with Gasteiger partial charge in [0.15, 0.2) is 0 Å². The highest BCUT2D eigenvalue weighted by atomic mass is 32.2. The van der Waals surface area contributed by atoms with Crippen molar-refractivity contribution in [1.82, 2.24) is 19.3 Å². The number of amides is 1. The van der Waals surface area contributed by atoms with E-state index in [2.05, 4.69) is 14.7 Å². The zero-order chi connectivity index (χ0) is 21.8. The van der Waals surface area contributed by atoms with Gasteiger partial charge in [-0.1, -0.05) is 12.5 Å². The molecule has 2 saturated carbocycles. The molecule has 0 spiro atoms. The zero-order valence-electron chi connectivity index (χ0n) is 17.5. The number of sulfonamides is 1. The molecule has 0 saturated heterocycles. The van der Waals surface area contributed by atoms with Crippen LogP contribution in [-0.4, -0.2) is 36.0 Å². The van der Waals surface area contributed by atoms with Crippen molar-refractivity contribution in [3.8, 4) is 5.88 Å². The lowest BCUT2D eigenvalue weighted by molar-refractivity contribution is -0.121. The Morgan fingerprint density at radius 1 is 1.26 bits per heavy atom. The second-order valence-corrected chi connectivity index (χ2v) is 10.1. The van der Waals surface area contributed by atoms with Crippen molar-refractivity contribution >= 4 is 27.0 Å². The Balaban J connectivity index is 1.50. The normalized spacial score (nSPS) is 17.9. The SMILES string of the molecule is COc1ncc(C2CCC2)cc1C1(C(=O)NS(=O)(=O)c2cccc3ncn(C)c23)CC1. The molecular weight excluding hydrogens is 416 g/mol. The lowest BCUT2D eigenvalue weighted by Gasteiger charge is -2.27. The van der Waals surface area contributed by atoms with Crippen LogP contribution in [0.5, 0.6) is 5.88 Å². The molecule has 0 atom stereocenters. The summed E-state index contributed by atoms with van der Waals surface area (Å²) in [6.45, 7) is 0. The third-order valence-corrected chi connectivity index (χ3v) is 7.92. The number of nitrogens with one attached hydrogen (secondary N) is 1. The molecule has 2 aromatic heterocycles. The van der Waals surface area contributed by atoms with E-state index in [0.717, 1.165) is 18.4 Å². The van der Waals surface area contributed by atoms with Crippen molar-refractivity contribution in [2.45, 2.75) is 48.3 Å². The predicted octanol–water partition coefficient (Wildman–Crippen LogP) is 2.78. The molecular formula is C22H24N4O4S. The lowest BCUT2D eigenvalue weighted by Crippen LogP contribution is -2.39. The number of rotatable bonds is 6. The Hall–Kier alpha value is -2.94. The maximum atomic E-state index is 13.3. The van der Waals surface area contributed by atoms with E-state index < -0.39 is 21.3 Å². The number of imidazole rings is 1. The number of nitrogens with zero attached hydrogens (tertiary/aromatic N) is 3. The van der Waals surface area contributed by atoms with E-state index in [9.17, 15) is 13.2 Å². The molecule has 0 radical (unpaired) electrons. The molecule has 0 aliphatic heterocycles. The number of methoxy groups -OCH3 is 1. The number of pyridine rings is 1. The number of carbonyl (C=O) groups is 1. The summed E-state index contributed by atoms with van der Waals surface area (Å²) in [4.78, 5) is 22.0. The van der Waals surface area contributed by atoms with Crippen molar-refractivity contribution < 1.29 is 17.9 Å². The third-order valence-electron chi connectivity index (χ3n) is 6.56. The average molecular weight is 441 g/mol. The topological polar surface area (TPSA) is 103 Å². The highest BCUT2D eigenvalue weighted by Gasteiger charge is 2.54. The highest BCUT2D eigenvalue weighted by molar-refractivity contribution is 7.90. The largest absolute Gasteiger partial charge is 0.481 e. The lowest BCUT2D eigenvalue weighted by atomic mass is 9.79. The van der Waals surface area contributed by atoms with Gasteiger partial charge in [-0.25, -0.2) is 23.1 Å². The summed E-state index contributed by atoms with van der Waals surface area (Å²) in [5, 5.41) is 0. The first-order chi connectivity index (χ1) is 14.9. The average Bonchev–Trinajstić information content (AvgIpc) is 3.44. The van der Waals surface area contributed by atoms with Crippen molar-refractivity contribution in [2.75, 3.05) is 7.11 Å². The van der Waals surface area contributed by atoms with Gasteiger partial charge in [0.25, 0.3) is 10.0 Å². The number of carbonyl (C=O) groups excluding carboxylic acids is 1. The molecule has 2 aliphatic carbocycles. The molecule has 1 amide bonds. The first-order valence-corrected chi connectivity index (χ1v) is 11.9. The van der Waals surface area contributed by atoms with Gasteiger partial charge in [0, 0.05) is 18.8 Å². The molecule has 9 heteroatoms. The van der Waals surface area contributed by atoms with Crippen LogP contribution >= 0.6 is 0 Å². The van der Waals surface area contributed by atoms with Crippen molar-refractivity contribution in [3.05, 3.63) is 47.9 Å². The third kappa shape index (κ3) is 3.18. The van der Waals surface area contributed by atoms with Crippen molar-refractivity contribution in [3.63, 3.8) is 0 Å². The number of aromatic nitrogens is 3. The van der Waals surface area contributed by atoms with E-state index in [4.69, 9.17) is 4.74 Å². The van der Waals surface area contributed by atoms with Gasteiger partial charge in [-0.3, -0.25) is 4.79 Å². The zero-order valence-corrected chi connectivity index (χ0v) is 18.3. The number of ether oxygens (including phenoxy) is 1. The maximum absolute atomic E-state index is 13.3. The summed E-state index contributed by atoms with van der Waals surface area (Å²) >= 11 is 0. The van der Waals surface area contributed by atoms with E-state index >= 15 is 0 Å². The minimum atomic E-state index is -4.09. The van der Waals surface area contributed by atoms with Crippen molar-refractivity contribution in [2.24, 2.45) is 7.05 Å². The van der Waals surface area contributed by atoms with E-state index in [1.54, 1.807) is 36.3 Å². The molecule has 0 bridgehead atoms. The molecule has 2 heterocycles. The van der Waals surface area contributed by atoms with E-state index in [0.29, 0.717) is 41.2 Å². The highest BCUT2D eigenvalue weighted by Crippen LogP contribution is 2.52. The van der Waals surface area contributed by atoms with E-state index in [1.165, 1.54) is 19.6 Å². The second-order valence-electron chi connectivity index (χ2n) is 8.45. The molecule has 1 N–H and O–H groups in total. The Bertz CT molecular complexity index is 1290. The summed E-state index contributed by atoms with van der Waals surface area (Å²) in [6, 6.07) is 6.83. The smallest absolute Gasteiger partial charge is 0.266 e. The number of para-hydroxylation sites is 1. The number of hydrogen-bond donors (Lipinski definition) is 1. The minimum Gasteiger partial charge on any atom is -0.481 e. The Morgan fingerprint density at radius 2 is 2.03 bits per heavy atom. The Labute approximate surface area is 180 Å². The van der Waals surface area contributed by atoms with Gasteiger partial charge < -0.3 is 9.30 Å². The van der Waals surface area contributed by atoms with E-state index in [1.807, 2.05) is 6.07 Å². The van der Waals surface area contributed by atoms with Crippen LogP contribution in [0, 0.1) is 0 Å². The monoisotopic (exact) mass is 440 g/mol. The van der Waals surface area contributed by atoms with Crippen LogP contribution in [0.4, 0.5) is 0 Å². The van der Waals surface area contributed by atoms with Gasteiger partial charge in [0.05, 0.1) is 29.9 Å². The standard InChI is InChI=1S/C22H24N4O4S/c1-26-13-24-17-7-4-8-18(19(17)26)31(28,29)25-21(27)22(9-10-22)16-11-15(14-5-3-6-14)12-23-20(16)30-2/h4,7-8,11-14H,3,5-6,9-10H2,1-2H3,(H,25,27). The minimum absolute atomic E-state index is 0.0301. The predicted molar refractivity (Wildman–Crippen MR) is 114 cm³/mol.